The third-order valence-electron chi connectivity index (χ3n) is 3.69. The summed E-state index contributed by atoms with van der Waals surface area (Å²) in [4.78, 5) is 23.4. The number of nitrogens with one attached hydrogen (secondary N) is 3. The Kier molecular flexibility index (Phi) is 6.12. The maximum Gasteiger partial charge on any atom is 0.226 e. The Morgan fingerprint density at radius 1 is 1.28 bits per heavy atom. The summed E-state index contributed by atoms with van der Waals surface area (Å²) in [5.74, 6) is 0.0832. The zero-order valence-corrected chi connectivity index (χ0v) is 11.5. The summed E-state index contributed by atoms with van der Waals surface area (Å²) in [6, 6.07) is 0. The Morgan fingerprint density at radius 2 is 1.94 bits per heavy atom. The second-order valence-electron chi connectivity index (χ2n) is 4.96. The van der Waals surface area contributed by atoms with Crippen LogP contribution in [-0.2, 0) is 9.59 Å². The monoisotopic (exact) mass is 255 g/mol. The molecule has 0 saturated carbocycles. The van der Waals surface area contributed by atoms with E-state index in [1.54, 1.807) is 7.05 Å². The van der Waals surface area contributed by atoms with E-state index in [1.807, 2.05) is 0 Å². The van der Waals surface area contributed by atoms with E-state index in [1.165, 1.54) is 0 Å². The molecular formula is C13H25N3O2. The van der Waals surface area contributed by atoms with Crippen molar-refractivity contribution in [2.45, 2.75) is 39.0 Å². The van der Waals surface area contributed by atoms with E-state index >= 15 is 0 Å². The van der Waals surface area contributed by atoms with Crippen LogP contribution < -0.4 is 16.0 Å². The van der Waals surface area contributed by atoms with Crippen LogP contribution in [0.25, 0.3) is 0 Å². The van der Waals surface area contributed by atoms with Crippen molar-refractivity contribution in [2.75, 3.05) is 26.7 Å². The number of amides is 2. The van der Waals surface area contributed by atoms with E-state index in [2.05, 4.69) is 22.9 Å². The molecule has 0 aromatic rings. The molecule has 0 spiro atoms. The Labute approximate surface area is 109 Å². The van der Waals surface area contributed by atoms with Crippen molar-refractivity contribution in [1.29, 1.82) is 0 Å². The van der Waals surface area contributed by atoms with Crippen LogP contribution in [0.4, 0.5) is 0 Å². The number of piperidine rings is 1. The van der Waals surface area contributed by atoms with Crippen molar-refractivity contribution in [1.82, 2.24) is 16.0 Å². The largest absolute Gasteiger partial charge is 0.359 e. The molecule has 5 heteroatoms. The molecule has 0 aromatic heterocycles. The molecule has 1 saturated heterocycles. The van der Waals surface area contributed by atoms with Gasteiger partial charge in [0.05, 0.1) is 5.41 Å². The molecule has 1 aliphatic heterocycles. The highest BCUT2D eigenvalue weighted by molar-refractivity contribution is 5.83. The Hall–Kier alpha value is -1.10. The lowest BCUT2D eigenvalue weighted by Crippen LogP contribution is -2.48. The van der Waals surface area contributed by atoms with E-state index in [4.69, 9.17) is 0 Å². The first-order valence-electron chi connectivity index (χ1n) is 6.84. The van der Waals surface area contributed by atoms with Crippen LogP contribution in [0.2, 0.25) is 0 Å². The molecule has 1 fully saturated rings. The van der Waals surface area contributed by atoms with Crippen LogP contribution in [0.15, 0.2) is 0 Å². The fourth-order valence-corrected chi connectivity index (χ4v) is 2.58. The lowest BCUT2D eigenvalue weighted by Gasteiger charge is -2.36. The van der Waals surface area contributed by atoms with Crippen molar-refractivity contribution >= 4 is 11.8 Å². The lowest BCUT2D eigenvalue weighted by atomic mass is 9.74. The first kappa shape index (κ1) is 15.0. The van der Waals surface area contributed by atoms with Gasteiger partial charge in [0.2, 0.25) is 11.8 Å². The topological polar surface area (TPSA) is 70.2 Å². The summed E-state index contributed by atoms with van der Waals surface area (Å²) < 4.78 is 0. The number of carbonyl (C=O) groups is 2. The fraction of sp³-hybridized carbons (Fsp3) is 0.846. The predicted molar refractivity (Wildman–Crippen MR) is 71.1 cm³/mol. The highest BCUT2D eigenvalue weighted by Crippen LogP contribution is 2.34. The van der Waals surface area contributed by atoms with Gasteiger partial charge in [-0.05, 0) is 32.4 Å². The Balaban J connectivity index is 2.46. The zero-order chi connectivity index (χ0) is 13.4. The molecule has 1 aliphatic rings. The van der Waals surface area contributed by atoms with Crippen LogP contribution >= 0.6 is 0 Å². The molecule has 1 heterocycles. The summed E-state index contributed by atoms with van der Waals surface area (Å²) in [5, 5.41) is 8.76. The van der Waals surface area contributed by atoms with Crippen molar-refractivity contribution < 1.29 is 9.59 Å². The minimum Gasteiger partial charge on any atom is -0.359 e. The smallest absolute Gasteiger partial charge is 0.226 e. The summed E-state index contributed by atoms with van der Waals surface area (Å²) in [6.45, 7) is 4.35. The molecule has 1 rings (SSSR count). The first-order valence-corrected chi connectivity index (χ1v) is 6.84. The minimum absolute atomic E-state index is 0.0369. The van der Waals surface area contributed by atoms with Gasteiger partial charge < -0.3 is 16.0 Å². The second-order valence-corrected chi connectivity index (χ2v) is 4.96. The normalized spacial score (nSPS) is 18.1. The molecule has 104 valence electrons. The minimum atomic E-state index is -0.220. The molecular weight excluding hydrogens is 230 g/mol. The van der Waals surface area contributed by atoms with E-state index in [-0.39, 0.29) is 17.2 Å². The third-order valence-corrected chi connectivity index (χ3v) is 3.69. The van der Waals surface area contributed by atoms with Gasteiger partial charge in [0.15, 0.2) is 0 Å². The summed E-state index contributed by atoms with van der Waals surface area (Å²) >= 11 is 0. The van der Waals surface area contributed by atoms with Crippen molar-refractivity contribution in [2.24, 2.45) is 5.41 Å². The Morgan fingerprint density at radius 3 is 2.50 bits per heavy atom. The average Bonchev–Trinajstić information content (AvgIpc) is 2.39. The fourth-order valence-electron chi connectivity index (χ4n) is 2.58. The molecule has 0 aliphatic carbocycles. The highest BCUT2D eigenvalue weighted by atomic mass is 16.2. The summed E-state index contributed by atoms with van der Waals surface area (Å²) in [7, 11) is 1.61. The molecule has 0 atom stereocenters. The third kappa shape index (κ3) is 3.98. The molecule has 5 nitrogen and oxygen atoms in total. The highest BCUT2D eigenvalue weighted by Gasteiger charge is 2.38. The molecule has 0 radical (unpaired) electrons. The number of hydrogen-bond acceptors (Lipinski definition) is 3. The van der Waals surface area contributed by atoms with Crippen LogP contribution in [0, 0.1) is 5.41 Å². The first-order chi connectivity index (χ1) is 8.64. The van der Waals surface area contributed by atoms with Gasteiger partial charge in [-0.15, -0.1) is 0 Å². The van der Waals surface area contributed by atoms with E-state index in [9.17, 15) is 9.59 Å². The molecule has 3 N–H and O–H groups in total. The second kappa shape index (κ2) is 7.36. The van der Waals surface area contributed by atoms with Gasteiger partial charge in [0.1, 0.15) is 0 Å². The SMILES string of the molecule is CCCC1(C(=O)NCCC(=O)NC)CCNCC1. The number of hydrogen-bond donors (Lipinski definition) is 3. The van der Waals surface area contributed by atoms with E-state index in [0.29, 0.717) is 13.0 Å². The maximum atomic E-state index is 12.3. The lowest BCUT2D eigenvalue weighted by molar-refractivity contribution is -0.133. The standard InChI is InChI=1S/C13H25N3O2/c1-3-5-13(6-9-15-10-7-13)12(18)16-8-4-11(17)14-2/h15H,3-10H2,1-2H3,(H,14,17)(H,16,18). The van der Waals surface area contributed by atoms with Gasteiger partial charge in [-0.2, -0.15) is 0 Å². The average molecular weight is 255 g/mol. The van der Waals surface area contributed by atoms with Gasteiger partial charge in [0.25, 0.3) is 0 Å². The molecule has 0 bridgehead atoms. The van der Waals surface area contributed by atoms with Crippen molar-refractivity contribution in [3.63, 3.8) is 0 Å². The van der Waals surface area contributed by atoms with Gasteiger partial charge in [-0.3, -0.25) is 9.59 Å². The predicted octanol–water partition coefficient (Wildman–Crippen LogP) is 0.409. The molecule has 2 amide bonds. The summed E-state index contributed by atoms with van der Waals surface area (Å²) in [5.41, 5.74) is -0.220. The van der Waals surface area contributed by atoms with Gasteiger partial charge in [-0.25, -0.2) is 0 Å². The number of carbonyl (C=O) groups excluding carboxylic acids is 2. The number of rotatable bonds is 6. The quantitative estimate of drug-likeness (QED) is 0.644. The van der Waals surface area contributed by atoms with E-state index in [0.717, 1.165) is 38.8 Å². The van der Waals surface area contributed by atoms with Crippen molar-refractivity contribution in [3.8, 4) is 0 Å². The zero-order valence-electron chi connectivity index (χ0n) is 11.5. The van der Waals surface area contributed by atoms with Gasteiger partial charge in [-0.1, -0.05) is 13.3 Å². The van der Waals surface area contributed by atoms with Gasteiger partial charge >= 0.3 is 0 Å². The molecule has 18 heavy (non-hydrogen) atoms. The maximum absolute atomic E-state index is 12.3. The van der Waals surface area contributed by atoms with Crippen LogP contribution in [-0.4, -0.2) is 38.5 Å². The molecule has 0 unspecified atom stereocenters. The van der Waals surface area contributed by atoms with Gasteiger partial charge in [0, 0.05) is 20.0 Å². The Bertz CT molecular complexity index is 280. The van der Waals surface area contributed by atoms with Crippen LogP contribution in [0.5, 0.6) is 0 Å². The van der Waals surface area contributed by atoms with Crippen molar-refractivity contribution in [3.05, 3.63) is 0 Å². The molecule has 0 aromatic carbocycles. The van der Waals surface area contributed by atoms with E-state index < -0.39 is 0 Å². The van der Waals surface area contributed by atoms with Crippen LogP contribution in [0.1, 0.15) is 39.0 Å². The summed E-state index contributed by atoms with van der Waals surface area (Å²) in [6.07, 6.45) is 4.09. The van der Waals surface area contributed by atoms with Crippen LogP contribution in [0.3, 0.4) is 0 Å².